The summed E-state index contributed by atoms with van der Waals surface area (Å²) in [7, 11) is 0. The second-order valence-electron chi connectivity index (χ2n) is 17.6. The third-order valence-corrected chi connectivity index (χ3v) is 13.8. The fraction of sp³-hybridized carbons (Fsp3) is 0.0303. The standard InChI is InChI=1S/C32H21N3O.C19H14.C14H9IN2O.CH4/c1-3-9-22(10-4-1)25-17-20-30-28(21-25)27-13-7-8-14-29(27)35(30)26-18-15-24(16-19-26)32-34-33-31(36-32)23-11-5-2-6-12-23;1-2-6-14(7-3-1)15-10-11-17-12-16-8-4-5-9-18(16)19(17)13-15;15-12-8-6-11(7-9-12)14-17-16-13(18-14)10-4-2-1-3-5-10;/h1-21H;1-11,13H,12H2;1-9H;1H4. The van der Waals surface area contributed by atoms with E-state index in [9.17, 15) is 0 Å². The predicted molar refractivity (Wildman–Crippen MR) is 310 cm³/mol. The van der Waals surface area contributed by atoms with E-state index in [1.807, 2.05) is 103 Å². The van der Waals surface area contributed by atoms with Gasteiger partial charge in [-0.3, -0.25) is 0 Å². The first-order valence-corrected chi connectivity index (χ1v) is 25.2. The molecule has 0 saturated carbocycles. The Labute approximate surface area is 443 Å². The van der Waals surface area contributed by atoms with Gasteiger partial charge in [-0.2, -0.15) is 0 Å². The van der Waals surface area contributed by atoms with Gasteiger partial charge < -0.3 is 13.4 Å². The van der Waals surface area contributed by atoms with E-state index in [-0.39, 0.29) is 7.43 Å². The lowest BCUT2D eigenvalue weighted by Gasteiger charge is -2.09. The number of fused-ring (bicyclic) bond motifs is 6. The molecule has 0 atom stereocenters. The maximum absolute atomic E-state index is 5.95. The van der Waals surface area contributed by atoms with Crippen LogP contribution in [0.25, 0.3) is 107 Å². The molecule has 7 nitrogen and oxygen atoms in total. The maximum atomic E-state index is 5.95. The average Bonchev–Trinajstić information content (AvgIpc) is 4.30. The molecule has 0 saturated heterocycles. The van der Waals surface area contributed by atoms with Gasteiger partial charge in [-0.15, -0.1) is 20.4 Å². The fourth-order valence-corrected chi connectivity index (χ4v) is 9.77. The highest BCUT2D eigenvalue weighted by Crippen LogP contribution is 2.39. The van der Waals surface area contributed by atoms with Crippen LogP contribution in [0.1, 0.15) is 18.6 Å². The Morgan fingerprint density at radius 3 is 1.30 bits per heavy atom. The van der Waals surface area contributed by atoms with Crippen LogP contribution in [0.4, 0.5) is 0 Å². The monoisotopic (exact) mass is 1070 g/mol. The Morgan fingerprint density at radius 1 is 0.324 bits per heavy atom. The smallest absolute Gasteiger partial charge is 0.248 e. The number of rotatable bonds is 7. The Bertz CT molecular complexity index is 3980. The molecule has 1 aliphatic rings. The number of hydrogen-bond donors (Lipinski definition) is 0. The first-order valence-electron chi connectivity index (χ1n) is 24.1. The van der Waals surface area contributed by atoms with Gasteiger partial charge in [0.05, 0.1) is 11.0 Å². The fourth-order valence-electron chi connectivity index (χ4n) is 9.42. The van der Waals surface area contributed by atoms with Crippen LogP contribution in [0, 0.1) is 3.57 Å². The van der Waals surface area contributed by atoms with Crippen LogP contribution < -0.4 is 0 Å². The van der Waals surface area contributed by atoms with Gasteiger partial charge in [0.1, 0.15) is 0 Å². The van der Waals surface area contributed by atoms with Crippen molar-refractivity contribution in [2.45, 2.75) is 13.8 Å². The molecule has 3 heterocycles. The molecule has 0 N–H and O–H groups in total. The van der Waals surface area contributed by atoms with E-state index in [1.54, 1.807) is 0 Å². The molecule has 0 aliphatic heterocycles. The van der Waals surface area contributed by atoms with E-state index in [4.69, 9.17) is 8.83 Å². The molecule has 356 valence electrons. The van der Waals surface area contributed by atoms with Crippen LogP contribution in [0.2, 0.25) is 0 Å². The molecular formula is C66H48IN5O2. The summed E-state index contributed by atoms with van der Waals surface area (Å²) in [6.07, 6.45) is 1.07. The zero-order chi connectivity index (χ0) is 48.9. The highest BCUT2D eigenvalue weighted by atomic mass is 127. The second-order valence-corrected chi connectivity index (χ2v) is 18.9. The van der Waals surface area contributed by atoms with Crippen molar-refractivity contribution in [1.29, 1.82) is 0 Å². The molecule has 3 aromatic heterocycles. The van der Waals surface area contributed by atoms with Crippen molar-refractivity contribution in [2.24, 2.45) is 0 Å². The number of para-hydroxylation sites is 1. The number of benzene rings is 10. The lowest BCUT2D eigenvalue weighted by atomic mass is 9.99. The van der Waals surface area contributed by atoms with Gasteiger partial charge in [-0.1, -0.05) is 165 Å². The number of halogens is 1. The van der Waals surface area contributed by atoms with Crippen molar-refractivity contribution in [3.63, 3.8) is 0 Å². The molecule has 0 amide bonds. The zero-order valence-corrected chi connectivity index (χ0v) is 41.5. The number of hydrogen-bond acceptors (Lipinski definition) is 6. The van der Waals surface area contributed by atoms with Crippen LogP contribution in [0.15, 0.2) is 264 Å². The van der Waals surface area contributed by atoms with Crippen LogP contribution in [0.3, 0.4) is 0 Å². The molecule has 10 aromatic carbocycles. The number of nitrogens with zero attached hydrogens (tertiary/aromatic N) is 5. The van der Waals surface area contributed by atoms with E-state index in [0.29, 0.717) is 23.6 Å². The van der Waals surface area contributed by atoms with Crippen molar-refractivity contribution < 1.29 is 8.83 Å². The molecule has 0 radical (unpaired) electrons. The number of aromatic nitrogens is 5. The Morgan fingerprint density at radius 2 is 0.730 bits per heavy atom. The molecule has 1 aliphatic carbocycles. The molecule has 0 spiro atoms. The third-order valence-electron chi connectivity index (χ3n) is 13.0. The van der Waals surface area contributed by atoms with Gasteiger partial charge >= 0.3 is 0 Å². The molecule has 14 rings (SSSR count). The maximum Gasteiger partial charge on any atom is 0.248 e. The quantitative estimate of drug-likeness (QED) is 0.148. The lowest BCUT2D eigenvalue weighted by molar-refractivity contribution is 0.584. The molecule has 13 aromatic rings. The Balaban J connectivity index is 0.000000130. The highest BCUT2D eigenvalue weighted by molar-refractivity contribution is 14.1. The van der Waals surface area contributed by atoms with E-state index in [0.717, 1.165) is 34.4 Å². The minimum Gasteiger partial charge on any atom is -0.416 e. The second kappa shape index (κ2) is 21.4. The van der Waals surface area contributed by atoms with Gasteiger partial charge in [-0.25, -0.2) is 0 Å². The van der Waals surface area contributed by atoms with Gasteiger partial charge in [0.2, 0.25) is 23.6 Å². The summed E-state index contributed by atoms with van der Waals surface area (Å²) in [6, 6.07) is 87.8. The lowest BCUT2D eigenvalue weighted by Crippen LogP contribution is -1.93. The predicted octanol–water partition coefficient (Wildman–Crippen LogP) is 17.7. The summed E-state index contributed by atoms with van der Waals surface area (Å²) in [4.78, 5) is 0. The molecule has 74 heavy (non-hydrogen) atoms. The van der Waals surface area contributed by atoms with Crippen LogP contribution >= 0.6 is 22.6 Å². The molecule has 0 unspecified atom stereocenters. The molecule has 0 fully saturated rings. The van der Waals surface area contributed by atoms with Crippen molar-refractivity contribution in [1.82, 2.24) is 25.0 Å². The minimum atomic E-state index is 0. The van der Waals surface area contributed by atoms with E-state index < -0.39 is 0 Å². The van der Waals surface area contributed by atoms with Gasteiger partial charge in [-0.05, 0) is 171 Å². The Kier molecular flexibility index (Phi) is 13.7. The van der Waals surface area contributed by atoms with Crippen molar-refractivity contribution >= 4 is 44.4 Å². The Hall–Kier alpha value is -8.99. The first-order chi connectivity index (χ1) is 36.1. The van der Waals surface area contributed by atoms with E-state index in [2.05, 4.69) is 199 Å². The highest BCUT2D eigenvalue weighted by Gasteiger charge is 2.19. The van der Waals surface area contributed by atoms with Crippen LogP contribution in [0.5, 0.6) is 0 Å². The minimum absolute atomic E-state index is 0. The summed E-state index contributed by atoms with van der Waals surface area (Å²) in [6.45, 7) is 0. The van der Waals surface area contributed by atoms with E-state index >= 15 is 0 Å². The molecule has 0 bridgehead atoms. The SMILES string of the molecule is C.Ic1ccc(-c2nnc(-c3ccccc3)o2)cc1.c1ccc(-c2ccc3c(c2)-c2ccccc2C3)cc1.c1ccc(-c2ccc3c(c2)c2ccccc2n3-c2ccc(-c3nnc(-c4ccccc4)o3)cc2)cc1. The molecule has 8 heteroatoms. The normalized spacial score (nSPS) is 11.1. The topological polar surface area (TPSA) is 82.8 Å². The van der Waals surface area contributed by atoms with Crippen molar-refractivity contribution in [3.8, 4) is 84.9 Å². The van der Waals surface area contributed by atoms with Gasteiger partial charge in [0.25, 0.3) is 0 Å². The van der Waals surface area contributed by atoms with Crippen molar-refractivity contribution in [2.75, 3.05) is 0 Å². The summed E-state index contributed by atoms with van der Waals surface area (Å²) < 4.78 is 15.1. The first kappa shape index (κ1) is 47.3. The van der Waals surface area contributed by atoms with Crippen molar-refractivity contribution in [3.05, 3.63) is 269 Å². The largest absolute Gasteiger partial charge is 0.416 e. The van der Waals surface area contributed by atoms with Gasteiger partial charge in [0.15, 0.2) is 0 Å². The summed E-state index contributed by atoms with van der Waals surface area (Å²) in [5.41, 5.74) is 17.8. The third kappa shape index (κ3) is 9.83. The zero-order valence-electron chi connectivity index (χ0n) is 39.4. The van der Waals surface area contributed by atoms with E-state index in [1.165, 1.54) is 69.9 Å². The summed E-state index contributed by atoms with van der Waals surface area (Å²) in [5, 5.41) is 19.1. The average molecular weight is 1070 g/mol. The molecular weight excluding hydrogens is 1020 g/mol. The van der Waals surface area contributed by atoms with Crippen LogP contribution in [-0.4, -0.2) is 25.0 Å². The van der Waals surface area contributed by atoms with Crippen LogP contribution in [-0.2, 0) is 6.42 Å². The summed E-state index contributed by atoms with van der Waals surface area (Å²) >= 11 is 2.26. The van der Waals surface area contributed by atoms with Gasteiger partial charge in [0, 0.05) is 42.3 Å². The summed E-state index contributed by atoms with van der Waals surface area (Å²) in [5.74, 6) is 2.12.